The van der Waals surface area contributed by atoms with Crippen molar-refractivity contribution in [1.82, 2.24) is 4.90 Å². The molecular formula is C17H21NOS2. The van der Waals surface area contributed by atoms with E-state index in [-0.39, 0.29) is 5.91 Å². The van der Waals surface area contributed by atoms with E-state index < -0.39 is 0 Å². The summed E-state index contributed by atoms with van der Waals surface area (Å²) in [5.74, 6) is 0.965. The highest BCUT2D eigenvalue weighted by atomic mass is 32.2. The topological polar surface area (TPSA) is 20.3 Å². The summed E-state index contributed by atoms with van der Waals surface area (Å²) in [6, 6.07) is 8.35. The van der Waals surface area contributed by atoms with E-state index in [4.69, 9.17) is 12.2 Å². The second-order valence-corrected chi connectivity index (χ2v) is 7.68. The van der Waals surface area contributed by atoms with E-state index in [1.807, 2.05) is 6.08 Å². The normalized spacial score (nSPS) is 17.6. The van der Waals surface area contributed by atoms with Crippen LogP contribution in [0.15, 0.2) is 29.2 Å². The number of thioether (sulfide) groups is 1. The third-order valence-electron chi connectivity index (χ3n) is 3.32. The summed E-state index contributed by atoms with van der Waals surface area (Å²) in [5.41, 5.74) is 2.35. The average Bonchev–Trinajstić information content (AvgIpc) is 2.67. The molecule has 112 valence electrons. The Kier molecular flexibility index (Phi) is 5.22. The third kappa shape index (κ3) is 3.95. The Morgan fingerprint density at radius 3 is 2.33 bits per heavy atom. The van der Waals surface area contributed by atoms with Gasteiger partial charge in [-0.1, -0.05) is 75.9 Å². The van der Waals surface area contributed by atoms with E-state index in [1.54, 1.807) is 4.90 Å². The SMILES string of the molecule is CC(C)CN1C(=O)/C(=C\c2ccc(C(C)C)cc2)SC1=S. The Morgan fingerprint density at radius 1 is 1.19 bits per heavy atom. The fraction of sp³-hybridized carbons (Fsp3) is 0.412. The number of rotatable bonds is 4. The van der Waals surface area contributed by atoms with Crippen LogP contribution in [0.5, 0.6) is 0 Å². The van der Waals surface area contributed by atoms with E-state index in [0.717, 1.165) is 10.5 Å². The molecule has 1 saturated heterocycles. The van der Waals surface area contributed by atoms with Crippen LogP contribution < -0.4 is 0 Å². The van der Waals surface area contributed by atoms with Crippen LogP contribution in [0.1, 0.15) is 44.7 Å². The molecule has 0 saturated carbocycles. The zero-order valence-electron chi connectivity index (χ0n) is 12.9. The summed E-state index contributed by atoms with van der Waals surface area (Å²) in [7, 11) is 0. The Bertz CT molecular complexity index is 573. The van der Waals surface area contributed by atoms with E-state index >= 15 is 0 Å². The van der Waals surface area contributed by atoms with Gasteiger partial charge < -0.3 is 0 Å². The van der Waals surface area contributed by atoms with Crippen LogP contribution in [0.3, 0.4) is 0 Å². The minimum atomic E-state index is 0.0339. The van der Waals surface area contributed by atoms with E-state index in [9.17, 15) is 4.79 Å². The molecule has 0 radical (unpaired) electrons. The highest BCUT2D eigenvalue weighted by Crippen LogP contribution is 2.33. The van der Waals surface area contributed by atoms with Crippen molar-refractivity contribution in [3.8, 4) is 0 Å². The summed E-state index contributed by atoms with van der Waals surface area (Å²) >= 11 is 6.71. The lowest BCUT2D eigenvalue weighted by Crippen LogP contribution is -2.31. The molecular weight excluding hydrogens is 298 g/mol. The van der Waals surface area contributed by atoms with Gasteiger partial charge in [-0.25, -0.2) is 0 Å². The summed E-state index contributed by atoms with van der Waals surface area (Å²) < 4.78 is 0.666. The van der Waals surface area contributed by atoms with Gasteiger partial charge in [-0.3, -0.25) is 9.69 Å². The second kappa shape index (κ2) is 6.75. The van der Waals surface area contributed by atoms with Crippen molar-refractivity contribution >= 4 is 40.3 Å². The fourth-order valence-electron chi connectivity index (χ4n) is 2.15. The van der Waals surface area contributed by atoms with Crippen molar-refractivity contribution in [2.45, 2.75) is 33.6 Å². The van der Waals surface area contributed by atoms with Gasteiger partial charge in [-0.05, 0) is 29.0 Å². The molecule has 0 bridgehead atoms. The highest BCUT2D eigenvalue weighted by molar-refractivity contribution is 8.26. The van der Waals surface area contributed by atoms with Gasteiger partial charge in [0.2, 0.25) is 0 Å². The molecule has 1 aromatic rings. The van der Waals surface area contributed by atoms with Gasteiger partial charge in [-0.15, -0.1) is 0 Å². The monoisotopic (exact) mass is 319 g/mol. The summed E-state index contributed by atoms with van der Waals surface area (Å²) in [6.45, 7) is 9.21. The first kappa shape index (κ1) is 16.2. The zero-order valence-corrected chi connectivity index (χ0v) is 14.6. The van der Waals surface area contributed by atoms with Crippen LogP contribution in [0.25, 0.3) is 6.08 Å². The Morgan fingerprint density at radius 2 is 1.81 bits per heavy atom. The molecule has 1 aliphatic heterocycles. The molecule has 0 unspecified atom stereocenters. The van der Waals surface area contributed by atoms with Gasteiger partial charge in [0.15, 0.2) is 0 Å². The number of carbonyl (C=O) groups is 1. The Hall–Kier alpha value is -1.13. The molecule has 0 N–H and O–H groups in total. The fourth-order valence-corrected chi connectivity index (χ4v) is 3.43. The Balaban J connectivity index is 2.18. The molecule has 2 nitrogen and oxygen atoms in total. The minimum Gasteiger partial charge on any atom is -0.293 e. The molecule has 1 amide bonds. The number of carbonyl (C=O) groups excluding carboxylic acids is 1. The quantitative estimate of drug-likeness (QED) is 0.594. The standard InChI is InChI=1S/C17H21NOS2/c1-11(2)10-18-16(19)15(21-17(18)20)9-13-5-7-14(8-6-13)12(3)4/h5-9,11-12H,10H2,1-4H3/b15-9+. The lowest BCUT2D eigenvalue weighted by molar-refractivity contribution is -0.122. The van der Waals surface area contributed by atoms with E-state index in [2.05, 4.69) is 52.0 Å². The molecule has 2 rings (SSSR count). The highest BCUT2D eigenvalue weighted by Gasteiger charge is 2.32. The minimum absolute atomic E-state index is 0.0339. The van der Waals surface area contributed by atoms with Crippen molar-refractivity contribution in [2.24, 2.45) is 5.92 Å². The average molecular weight is 319 g/mol. The zero-order chi connectivity index (χ0) is 15.6. The summed E-state index contributed by atoms with van der Waals surface area (Å²) in [6.07, 6.45) is 1.93. The van der Waals surface area contributed by atoms with Gasteiger partial charge in [0.05, 0.1) is 4.91 Å². The second-order valence-electron chi connectivity index (χ2n) is 6.01. The molecule has 0 aliphatic carbocycles. The smallest absolute Gasteiger partial charge is 0.266 e. The van der Waals surface area contributed by atoms with Crippen molar-refractivity contribution in [2.75, 3.05) is 6.54 Å². The molecule has 1 fully saturated rings. The van der Waals surface area contributed by atoms with Crippen molar-refractivity contribution < 1.29 is 4.79 Å². The number of hydrogen-bond donors (Lipinski definition) is 0. The van der Waals surface area contributed by atoms with Crippen molar-refractivity contribution in [3.05, 3.63) is 40.3 Å². The molecule has 0 aromatic heterocycles. The largest absolute Gasteiger partial charge is 0.293 e. The molecule has 1 aliphatic rings. The summed E-state index contributed by atoms with van der Waals surface area (Å²) in [4.78, 5) is 14.8. The molecule has 1 aromatic carbocycles. The summed E-state index contributed by atoms with van der Waals surface area (Å²) in [5, 5.41) is 0. The molecule has 0 atom stereocenters. The first-order valence-electron chi connectivity index (χ1n) is 7.23. The van der Waals surface area contributed by atoms with Crippen molar-refractivity contribution in [3.63, 3.8) is 0 Å². The van der Waals surface area contributed by atoms with E-state index in [1.165, 1.54) is 17.3 Å². The third-order valence-corrected chi connectivity index (χ3v) is 4.70. The lowest BCUT2D eigenvalue weighted by Gasteiger charge is -2.16. The van der Waals surface area contributed by atoms with Gasteiger partial charge in [-0.2, -0.15) is 0 Å². The first-order chi connectivity index (χ1) is 9.88. The number of amides is 1. The van der Waals surface area contributed by atoms with Gasteiger partial charge in [0.25, 0.3) is 5.91 Å². The Labute approximate surface area is 136 Å². The van der Waals surface area contributed by atoms with Crippen LogP contribution in [0.2, 0.25) is 0 Å². The van der Waals surface area contributed by atoms with Crippen LogP contribution >= 0.6 is 24.0 Å². The number of thiocarbonyl (C=S) groups is 1. The maximum absolute atomic E-state index is 12.4. The molecule has 4 heteroatoms. The number of benzene rings is 1. The number of nitrogens with zero attached hydrogens (tertiary/aromatic N) is 1. The maximum atomic E-state index is 12.4. The van der Waals surface area contributed by atoms with Crippen LogP contribution in [0.4, 0.5) is 0 Å². The van der Waals surface area contributed by atoms with Gasteiger partial charge in [0.1, 0.15) is 4.32 Å². The maximum Gasteiger partial charge on any atom is 0.266 e. The van der Waals surface area contributed by atoms with Crippen LogP contribution in [-0.2, 0) is 4.79 Å². The van der Waals surface area contributed by atoms with Crippen LogP contribution in [-0.4, -0.2) is 21.7 Å². The molecule has 0 spiro atoms. The number of hydrogen-bond acceptors (Lipinski definition) is 3. The first-order valence-corrected chi connectivity index (χ1v) is 8.46. The van der Waals surface area contributed by atoms with Crippen molar-refractivity contribution in [1.29, 1.82) is 0 Å². The lowest BCUT2D eigenvalue weighted by atomic mass is 10.0. The molecule has 21 heavy (non-hydrogen) atoms. The van der Waals surface area contributed by atoms with E-state index in [0.29, 0.717) is 22.7 Å². The van der Waals surface area contributed by atoms with Gasteiger partial charge in [0, 0.05) is 6.54 Å². The van der Waals surface area contributed by atoms with Crippen LogP contribution in [0, 0.1) is 5.92 Å². The molecule has 1 heterocycles. The predicted molar refractivity (Wildman–Crippen MR) is 95.2 cm³/mol. The predicted octanol–water partition coefficient (Wildman–Crippen LogP) is 4.67. The van der Waals surface area contributed by atoms with Gasteiger partial charge >= 0.3 is 0 Å².